The van der Waals surface area contributed by atoms with Crippen molar-refractivity contribution in [2.75, 3.05) is 7.11 Å². The van der Waals surface area contributed by atoms with Gasteiger partial charge in [0.15, 0.2) is 0 Å². The van der Waals surface area contributed by atoms with Crippen LogP contribution in [0.4, 0.5) is 4.39 Å². The predicted molar refractivity (Wildman–Crippen MR) is 72.8 cm³/mol. The van der Waals surface area contributed by atoms with E-state index in [1.807, 2.05) is 0 Å². The molecule has 0 atom stereocenters. The van der Waals surface area contributed by atoms with E-state index in [9.17, 15) is 9.18 Å². The number of esters is 1. The van der Waals surface area contributed by atoms with Crippen molar-refractivity contribution >= 4 is 17.0 Å². The van der Waals surface area contributed by atoms with Crippen LogP contribution in [0.15, 0.2) is 42.5 Å². The number of methoxy groups -OCH3 is 1. The number of hydrogen-bond donors (Lipinski definition) is 1. The van der Waals surface area contributed by atoms with Gasteiger partial charge in [0.25, 0.3) is 0 Å². The molecule has 4 nitrogen and oxygen atoms in total. The Hall–Kier alpha value is -2.69. The third-order valence-electron chi connectivity index (χ3n) is 3.02. The monoisotopic (exact) mass is 270 g/mol. The van der Waals surface area contributed by atoms with Gasteiger partial charge in [0.1, 0.15) is 17.2 Å². The molecule has 0 radical (unpaired) electrons. The smallest absolute Gasteiger partial charge is 0.340 e. The molecule has 0 fully saturated rings. The average Bonchev–Trinajstić information content (AvgIpc) is 2.90. The molecule has 0 unspecified atom stereocenters. The average molecular weight is 270 g/mol. The standard InChI is InChI=1S/C15H11FN2O2/c1-20-15(19)11-6-3-7-12-13(11)18-14(17-12)9-4-2-5-10(16)8-9/h2-8H,1H3,(H,17,18). The summed E-state index contributed by atoms with van der Waals surface area (Å²) < 4.78 is 18.0. The Labute approximate surface area is 114 Å². The fraction of sp³-hybridized carbons (Fsp3) is 0.0667. The third-order valence-corrected chi connectivity index (χ3v) is 3.02. The van der Waals surface area contributed by atoms with E-state index >= 15 is 0 Å². The number of aromatic nitrogens is 2. The van der Waals surface area contributed by atoms with Crippen molar-refractivity contribution in [1.82, 2.24) is 9.97 Å². The van der Waals surface area contributed by atoms with Crippen LogP contribution in [0, 0.1) is 5.82 Å². The first kappa shape index (κ1) is 12.3. The Kier molecular flexibility index (Phi) is 2.95. The fourth-order valence-corrected chi connectivity index (χ4v) is 2.08. The largest absolute Gasteiger partial charge is 0.465 e. The zero-order chi connectivity index (χ0) is 14.1. The maximum atomic E-state index is 13.3. The Morgan fingerprint density at radius 1 is 1.25 bits per heavy atom. The number of ether oxygens (including phenoxy) is 1. The molecule has 20 heavy (non-hydrogen) atoms. The number of carbonyl (C=O) groups excluding carboxylic acids is 1. The van der Waals surface area contributed by atoms with E-state index in [0.29, 0.717) is 28.0 Å². The van der Waals surface area contributed by atoms with E-state index in [-0.39, 0.29) is 5.82 Å². The number of para-hydroxylation sites is 1. The van der Waals surface area contributed by atoms with Crippen LogP contribution >= 0.6 is 0 Å². The van der Waals surface area contributed by atoms with Crippen LogP contribution < -0.4 is 0 Å². The molecule has 0 amide bonds. The number of halogens is 1. The Bertz CT molecular complexity index is 795. The Morgan fingerprint density at radius 2 is 2.05 bits per heavy atom. The normalized spacial score (nSPS) is 10.7. The SMILES string of the molecule is COC(=O)c1cccc2[nH]c(-c3cccc(F)c3)nc12. The molecule has 100 valence electrons. The number of imidazole rings is 1. The topological polar surface area (TPSA) is 55.0 Å². The second kappa shape index (κ2) is 4.77. The van der Waals surface area contributed by atoms with Crippen molar-refractivity contribution in [3.8, 4) is 11.4 Å². The summed E-state index contributed by atoms with van der Waals surface area (Å²) in [5, 5.41) is 0. The second-order valence-electron chi connectivity index (χ2n) is 4.29. The van der Waals surface area contributed by atoms with E-state index < -0.39 is 5.97 Å². The van der Waals surface area contributed by atoms with Gasteiger partial charge in [-0.2, -0.15) is 0 Å². The molecular weight excluding hydrogens is 259 g/mol. The lowest BCUT2D eigenvalue weighted by Crippen LogP contribution is -2.01. The summed E-state index contributed by atoms with van der Waals surface area (Å²) in [6, 6.07) is 11.3. The van der Waals surface area contributed by atoms with Gasteiger partial charge in [-0.25, -0.2) is 14.2 Å². The summed E-state index contributed by atoms with van der Waals surface area (Å²) in [6.45, 7) is 0. The number of nitrogens with one attached hydrogen (secondary N) is 1. The molecule has 1 N–H and O–H groups in total. The summed E-state index contributed by atoms with van der Waals surface area (Å²) in [5.74, 6) is -0.278. The lowest BCUT2D eigenvalue weighted by molar-refractivity contribution is 0.0603. The van der Waals surface area contributed by atoms with Crippen LogP contribution in [-0.4, -0.2) is 23.0 Å². The first-order chi connectivity index (χ1) is 9.69. The van der Waals surface area contributed by atoms with Crippen LogP contribution in [0.2, 0.25) is 0 Å². The number of benzene rings is 2. The molecule has 2 aromatic carbocycles. The van der Waals surface area contributed by atoms with E-state index in [1.54, 1.807) is 30.3 Å². The van der Waals surface area contributed by atoms with Crippen molar-refractivity contribution in [2.24, 2.45) is 0 Å². The van der Waals surface area contributed by atoms with Crippen molar-refractivity contribution in [1.29, 1.82) is 0 Å². The summed E-state index contributed by atoms with van der Waals surface area (Å²) in [7, 11) is 1.32. The quantitative estimate of drug-likeness (QED) is 0.728. The molecule has 0 spiro atoms. The van der Waals surface area contributed by atoms with E-state index in [4.69, 9.17) is 4.74 Å². The zero-order valence-electron chi connectivity index (χ0n) is 10.7. The zero-order valence-corrected chi connectivity index (χ0v) is 10.7. The fourth-order valence-electron chi connectivity index (χ4n) is 2.08. The van der Waals surface area contributed by atoms with Gasteiger partial charge in [0.2, 0.25) is 0 Å². The molecular formula is C15H11FN2O2. The highest BCUT2D eigenvalue weighted by atomic mass is 19.1. The van der Waals surface area contributed by atoms with Crippen LogP contribution in [0.25, 0.3) is 22.4 Å². The van der Waals surface area contributed by atoms with Crippen LogP contribution in [0.3, 0.4) is 0 Å². The molecule has 0 aliphatic heterocycles. The van der Waals surface area contributed by atoms with Crippen molar-refractivity contribution < 1.29 is 13.9 Å². The van der Waals surface area contributed by atoms with E-state index in [1.165, 1.54) is 19.2 Å². The Balaban J connectivity index is 2.18. The summed E-state index contributed by atoms with van der Waals surface area (Å²) >= 11 is 0. The number of rotatable bonds is 2. The number of hydrogen-bond acceptors (Lipinski definition) is 3. The first-order valence-electron chi connectivity index (χ1n) is 6.02. The number of H-pyrrole nitrogens is 1. The van der Waals surface area contributed by atoms with Gasteiger partial charge in [0, 0.05) is 5.56 Å². The molecule has 1 heterocycles. The maximum absolute atomic E-state index is 13.3. The lowest BCUT2D eigenvalue weighted by atomic mass is 10.2. The summed E-state index contributed by atoms with van der Waals surface area (Å²) in [4.78, 5) is 19.1. The van der Waals surface area contributed by atoms with Gasteiger partial charge >= 0.3 is 5.97 Å². The van der Waals surface area contributed by atoms with Crippen molar-refractivity contribution in [3.63, 3.8) is 0 Å². The second-order valence-corrected chi connectivity index (χ2v) is 4.29. The highest BCUT2D eigenvalue weighted by molar-refractivity contribution is 6.02. The number of fused-ring (bicyclic) bond motifs is 1. The van der Waals surface area contributed by atoms with Crippen LogP contribution in [0.5, 0.6) is 0 Å². The first-order valence-corrected chi connectivity index (χ1v) is 6.02. The van der Waals surface area contributed by atoms with E-state index in [2.05, 4.69) is 9.97 Å². The Morgan fingerprint density at radius 3 is 2.80 bits per heavy atom. The minimum Gasteiger partial charge on any atom is -0.465 e. The highest BCUT2D eigenvalue weighted by Crippen LogP contribution is 2.23. The van der Waals surface area contributed by atoms with Gasteiger partial charge < -0.3 is 9.72 Å². The molecule has 1 aromatic heterocycles. The summed E-state index contributed by atoms with van der Waals surface area (Å²) in [6.07, 6.45) is 0. The van der Waals surface area contributed by atoms with Gasteiger partial charge in [-0.3, -0.25) is 0 Å². The lowest BCUT2D eigenvalue weighted by Gasteiger charge is -1.98. The van der Waals surface area contributed by atoms with Crippen molar-refractivity contribution in [3.05, 3.63) is 53.8 Å². The van der Waals surface area contributed by atoms with Crippen LogP contribution in [-0.2, 0) is 4.74 Å². The van der Waals surface area contributed by atoms with Crippen LogP contribution in [0.1, 0.15) is 10.4 Å². The van der Waals surface area contributed by atoms with Crippen molar-refractivity contribution in [2.45, 2.75) is 0 Å². The summed E-state index contributed by atoms with van der Waals surface area (Å²) in [5.41, 5.74) is 2.21. The van der Waals surface area contributed by atoms with Gasteiger partial charge in [-0.05, 0) is 24.3 Å². The molecule has 0 aliphatic rings. The molecule has 0 saturated carbocycles. The molecule has 0 saturated heterocycles. The number of aromatic amines is 1. The number of carbonyl (C=O) groups is 1. The molecule has 3 aromatic rings. The highest BCUT2D eigenvalue weighted by Gasteiger charge is 2.14. The predicted octanol–water partition coefficient (Wildman–Crippen LogP) is 3.16. The molecule has 3 rings (SSSR count). The minimum absolute atomic E-state index is 0.337. The van der Waals surface area contributed by atoms with Gasteiger partial charge in [-0.1, -0.05) is 18.2 Å². The molecule has 0 bridgehead atoms. The maximum Gasteiger partial charge on any atom is 0.340 e. The van der Waals surface area contributed by atoms with Gasteiger partial charge in [-0.15, -0.1) is 0 Å². The minimum atomic E-state index is -0.451. The van der Waals surface area contributed by atoms with E-state index in [0.717, 1.165) is 0 Å². The van der Waals surface area contributed by atoms with Gasteiger partial charge in [0.05, 0.1) is 18.2 Å². The molecule has 5 heteroatoms. The number of nitrogens with zero attached hydrogens (tertiary/aromatic N) is 1. The third kappa shape index (κ3) is 2.03. The molecule has 0 aliphatic carbocycles.